The molecule has 1 aliphatic rings. The van der Waals surface area contributed by atoms with Gasteiger partial charge in [0.25, 0.3) is 8.32 Å². The first kappa shape index (κ1) is 21.0. The Kier molecular flexibility index (Phi) is 6.25. The third-order valence-electron chi connectivity index (χ3n) is 5.19. The fraction of sp³-hybridized carbons (Fsp3) is 0.417. The monoisotopic (exact) mass is 396 g/mol. The lowest BCUT2D eigenvalue weighted by Crippen LogP contribution is -2.66. The molecule has 150 valence electrons. The number of hydrogen-bond donors (Lipinski definition) is 0. The van der Waals surface area contributed by atoms with E-state index in [-0.39, 0.29) is 11.1 Å². The molecular formula is C24H32O3Si. The van der Waals surface area contributed by atoms with Gasteiger partial charge in [-0.2, -0.15) is 0 Å². The van der Waals surface area contributed by atoms with Crippen LogP contribution >= 0.6 is 0 Å². The summed E-state index contributed by atoms with van der Waals surface area (Å²) in [5, 5.41) is 2.57. The van der Waals surface area contributed by atoms with Crippen LogP contribution in [0.15, 0.2) is 72.8 Å². The third-order valence-corrected chi connectivity index (χ3v) is 10.2. The maximum absolute atomic E-state index is 6.83. The van der Waals surface area contributed by atoms with E-state index in [9.17, 15) is 0 Å². The van der Waals surface area contributed by atoms with Gasteiger partial charge >= 0.3 is 0 Å². The average Bonchev–Trinajstić information content (AvgIpc) is 3.01. The Hall–Kier alpha value is -1.72. The van der Waals surface area contributed by atoms with Gasteiger partial charge in [0.2, 0.25) is 0 Å². The summed E-state index contributed by atoms with van der Waals surface area (Å²) in [6, 6.07) is 21.4. The topological polar surface area (TPSA) is 27.7 Å². The predicted octanol–water partition coefficient (Wildman–Crippen LogP) is 4.27. The molecule has 0 radical (unpaired) electrons. The molecule has 3 rings (SSSR count). The molecule has 0 aliphatic carbocycles. The van der Waals surface area contributed by atoms with Gasteiger partial charge in [-0.05, 0) is 29.3 Å². The Balaban J connectivity index is 1.89. The molecule has 2 aromatic rings. The summed E-state index contributed by atoms with van der Waals surface area (Å²) in [6.07, 6.45) is 4.12. The number of benzene rings is 2. The van der Waals surface area contributed by atoms with Crippen LogP contribution in [0, 0.1) is 0 Å². The lowest BCUT2D eigenvalue weighted by Gasteiger charge is -2.42. The second kappa shape index (κ2) is 8.33. The molecule has 0 N–H and O–H groups in total. The summed E-state index contributed by atoms with van der Waals surface area (Å²) in [4.78, 5) is 0. The summed E-state index contributed by atoms with van der Waals surface area (Å²) in [7, 11) is -2.48. The van der Waals surface area contributed by atoms with Crippen molar-refractivity contribution < 1.29 is 13.9 Å². The van der Waals surface area contributed by atoms with Crippen molar-refractivity contribution in [2.75, 3.05) is 13.2 Å². The molecular weight excluding hydrogens is 364 g/mol. The SMILES string of the molecule is CC1(C)OC[C@H](/C=C\CO[Si](c2ccccc2)(c2ccccc2)C(C)(C)C)O1. The first-order valence-electron chi connectivity index (χ1n) is 9.98. The second-order valence-corrected chi connectivity index (χ2v) is 13.1. The van der Waals surface area contributed by atoms with Crippen LogP contribution in [0.2, 0.25) is 5.04 Å². The number of rotatable bonds is 6. The Labute approximate surface area is 170 Å². The highest BCUT2D eigenvalue weighted by molar-refractivity contribution is 6.99. The van der Waals surface area contributed by atoms with Gasteiger partial charge in [0.15, 0.2) is 5.79 Å². The maximum atomic E-state index is 6.83. The van der Waals surface area contributed by atoms with E-state index in [1.807, 2.05) is 13.8 Å². The molecule has 0 spiro atoms. The predicted molar refractivity (Wildman–Crippen MR) is 118 cm³/mol. The fourth-order valence-corrected chi connectivity index (χ4v) is 8.45. The molecule has 28 heavy (non-hydrogen) atoms. The van der Waals surface area contributed by atoms with Crippen molar-refractivity contribution in [3.8, 4) is 0 Å². The molecule has 1 heterocycles. The average molecular weight is 397 g/mol. The molecule has 0 bridgehead atoms. The highest BCUT2D eigenvalue weighted by Gasteiger charge is 2.49. The van der Waals surface area contributed by atoms with E-state index in [2.05, 4.69) is 93.6 Å². The standard InChI is InChI=1S/C24H32O3Si/c1-23(2,3)28(21-14-8-6-9-15-21,22-16-10-7-11-17-22)26-18-12-13-20-19-25-24(4,5)27-20/h6-17,20H,18-19H2,1-5H3/b13-12-/t20-/m0/s1. The van der Waals surface area contributed by atoms with Crippen molar-refractivity contribution in [2.45, 2.75) is 51.5 Å². The molecule has 4 heteroatoms. The summed E-state index contributed by atoms with van der Waals surface area (Å²) in [5.41, 5.74) is 0. The fourth-order valence-electron chi connectivity index (χ4n) is 3.95. The maximum Gasteiger partial charge on any atom is 0.261 e. The smallest absolute Gasteiger partial charge is 0.261 e. The molecule has 2 aromatic carbocycles. The number of ether oxygens (including phenoxy) is 2. The van der Waals surface area contributed by atoms with Gasteiger partial charge in [0.1, 0.15) is 6.10 Å². The van der Waals surface area contributed by atoms with E-state index in [1.54, 1.807) is 0 Å². The molecule has 1 saturated heterocycles. The quantitative estimate of drug-likeness (QED) is 0.539. The Bertz CT molecular complexity index is 739. The van der Waals surface area contributed by atoms with Gasteiger partial charge in [-0.1, -0.05) is 93.6 Å². The van der Waals surface area contributed by atoms with Crippen molar-refractivity contribution in [1.82, 2.24) is 0 Å². The van der Waals surface area contributed by atoms with Crippen LogP contribution in [0.25, 0.3) is 0 Å². The van der Waals surface area contributed by atoms with Crippen LogP contribution in [0.4, 0.5) is 0 Å². The third kappa shape index (κ3) is 4.46. The molecule has 3 nitrogen and oxygen atoms in total. The molecule has 0 aromatic heterocycles. The first-order valence-corrected chi connectivity index (χ1v) is 11.9. The van der Waals surface area contributed by atoms with E-state index in [1.165, 1.54) is 10.4 Å². The Morgan fingerprint density at radius 3 is 1.96 bits per heavy atom. The van der Waals surface area contributed by atoms with Gasteiger partial charge in [-0.25, -0.2) is 0 Å². The minimum Gasteiger partial charge on any atom is -0.404 e. The zero-order valence-electron chi connectivity index (χ0n) is 17.6. The van der Waals surface area contributed by atoms with Crippen molar-refractivity contribution in [3.63, 3.8) is 0 Å². The van der Waals surface area contributed by atoms with E-state index >= 15 is 0 Å². The van der Waals surface area contributed by atoms with Crippen molar-refractivity contribution in [3.05, 3.63) is 72.8 Å². The number of hydrogen-bond acceptors (Lipinski definition) is 3. The lowest BCUT2D eigenvalue weighted by molar-refractivity contribution is -0.133. The summed E-state index contributed by atoms with van der Waals surface area (Å²) in [6.45, 7) is 11.9. The first-order chi connectivity index (χ1) is 13.2. The normalized spacial score (nSPS) is 20.0. The van der Waals surface area contributed by atoms with E-state index < -0.39 is 14.1 Å². The van der Waals surface area contributed by atoms with Crippen LogP contribution < -0.4 is 10.4 Å². The van der Waals surface area contributed by atoms with E-state index in [0.29, 0.717) is 13.2 Å². The van der Waals surface area contributed by atoms with Crippen LogP contribution in [0.5, 0.6) is 0 Å². The minimum absolute atomic E-state index is 0.0154. The van der Waals surface area contributed by atoms with Gasteiger partial charge in [0.05, 0.1) is 13.2 Å². The van der Waals surface area contributed by atoms with E-state index in [4.69, 9.17) is 13.9 Å². The molecule has 1 fully saturated rings. The van der Waals surface area contributed by atoms with Crippen molar-refractivity contribution >= 4 is 18.7 Å². The van der Waals surface area contributed by atoms with Crippen molar-refractivity contribution in [1.29, 1.82) is 0 Å². The van der Waals surface area contributed by atoms with Gasteiger partial charge in [-0.15, -0.1) is 0 Å². The largest absolute Gasteiger partial charge is 0.404 e. The Morgan fingerprint density at radius 2 is 1.54 bits per heavy atom. The minimum atomic E-state index is -2.48. The van der Waals surface area contributed by atoms with Gasteiger partial charge in [0, 0.05) is 0 Å². The summed E-state index contributed by atoms with van der Waals surface area (Å²) >= 11 is 0. The van der Waals surface area contributed by atoms with Crippen LogP contribution in [0.3, 0.4) is 0 Å². The Morgan fingerprint density at radius 1 is 1.00 bits per heavy atom. The molecule has 0 unspecified atom stereocenters. The summed E-state index contributed by atoms with van der Waals surface area (Å²) < 4.78 is 18.3. The zero-order chi connectivity index (χ0) is 20.3. The zero-order valence-corrected chi connectivity index (χ0v) is 18.6. The van der Waals surface area contributed by atoms with Crippen LogP contribution in [0.1, 0.15) is 34.6 Å². The van der Waals surface area contributed by atoms with Gasteiger partial charge < -0.3 is 13.9 Å². The lowest BCUT2D eigenvalue weighted by atomic mass is 10.2. The van der Waals surface area contributed by atoms with Crippen LogP contribution in [-0.2, 0) is 13.9 Å². The van der Waals surface area contributed by atoms with Crippen LogP contribution in [-0.4, -0.2) is 33.4 Å². The molecule has 0 saturated carbocycles. The highest BCUT2D eigenvalue weighted by atomic mass is 28.4. The highest BCUT2D eigenvalue weighted by Crippen LogP contribution is 2.36. The summed E-state index contributed by atoms with van der Waals surface area (Å²) in [5.74, 6) is -0.506. The molecule has 0 amide bonds. The molecule has 1 aliphatic heterocycles. The molecule has 1 atom stereocenters. The second-order valence-electron chi connectivity index (χ2n) is 8.77. The van der Waals surface area contributed by atoms with Crippen molar-refractivity contribution in [2.24, 2.45) is 0 Å². The van der Waals surface area contributed by atoms with Gasteiger partial charge in [-0.3, -0.25) is 0 Å². The van der Waals surface area contributed by atoms with E-state index in [0.717, 1.165) is 0 Å².